The summed E-state index contributed by atoms with van der Waals surface area (Å²) in [4.78, 5) is 0. The number of ether oxygens (including phenoxy) is 2. The van der Waals surface area contributed by atoms with Crippen molar-refractivity contribution in [2.24, 2.45) is 0 Å². The average molecular weight is 298 g/mol. The van der Waals surface area contributed by atoms with E-state index in [4.69, 9.17) is 9.47 Å². The number of alkyl halides is 3. The SMILES string of the molecule is COc1cc(OC)cc(-c2cc(C(F)(F)F)ccc2O)c1. The van der Waals surface area contributed by atoms with Crippen LogP contribution in [0, 0.1) is 0 Å². The number of benzene rings is 2. The Morgan fingerprint density at radius 2 is 1.48 bits per heavy atom. The lowest BCUT2D eigenvalue weighted by Gasteiger charge is -2.12. The Hall–Kier alpha value is -2.37. The minimum atomic E-state index is -4.48. The van der Waals surface area contributed by atoms with Crippen LogP contribution in [0.5, 0.6) is 17.2 Å². The topological polar surface area (TPSA) is 38.7 Å². The maximum atomic E-state index is 12.8. The molecule has 3 nitrogen and oxygen atoms in total. The number of hydrogen-bond acceptors (Lipinski definition) is 3. The van der Waals surface area contributed by atoms with Gasteiger partial charge in [-0.3, -0.25) is 0 Å². The predicted molar refractivity (Wildman–Crippen MR) is 71.6 cm³/mol. The number of phenols is 1. The zero-order chi connectivity index (χ0) is 15.6. The highest BCUT2D eigenvalue weighted by atomic mass is 19.4. The number of phenolic OH excluding ortho intramolecular Hbond substituents is 1. The van der Waals surface area contributed by atoms with Gasteiger partial charge in [0.05, 0.1) is 19.8 Å². The fourth-order valence-electron chi connectivity index (χ4n) is 1.91. The van der Waals surface area contributed by atoms with E-state index in [9.17, 15) is 18.3 Å². The Kier molecular flexibility index (Phi) is 3.97. The van der Waals surface area contributed by atoms with E-state index in [1.54, 1.807) is 6.07 Å². The van der Waals surface area contributed by atoms with Gasteiger partial charge in [-0.1, -0.05) is 0 Å². The molecule has 0 bridgehead atoms. The first kappa shape index (κ1) is 15.0. The van der Waals surface area contributed by atoms with Crippen molar-refractivity contribution in [3.63, 3.8) is 0 Å². The van der Waals surface area contributed by atoms with Crippen LogP contribution in [-0.2, 0) is 6.18 Å². The average Bonchev–Trinajstić information content (AvgIpc) is 2.45. The lowest BCUT2D eigenvalue weighted by atomic mass is 10.0. The first-order valence-electron chi connectivity index (χ1n) is 5.99. The van der Waals surface area contributed by atoms with Crippen LogP contribution in [0.2, 0.25) is 0 Å². The van der Waals surface area contributed by atoms with Crippen LogP contribution in [0.15, 0.2) is 36.4 Å². The molecule has 0 amide bonds. The number of rotatable bonds is 3. The zero-order valence-corrected chi connectivity index (χ0v) is 11.4. The second-order valence-electron chi connectivity index (χ2n) is 4.33. The molecule has 0 aliphatic heterocycles. The van der Waals surface area contributed by atoms with E-state index < -0.39 is 11.7 Å². The standard InChI is InChI=1S/C15H13F3O3/c1-20-11-5-9(6-12(8-11)21-2)13-7-10(15(16,17)18)3-4-14(13)19/h3-8,19H,1-2H3. The molecule has 0 atom stereocenters. The monoisotopic (exact) mass is 298 g/mol. The molecule has 0 saturated heterocycles. The van der Waals surface area contributed by atoms with Gasteiger partial charge in [-0.15, -0.1) is 0 Å². The van der Waals surface area contributed by atoms with E-state index in [0.717, 1.165) is 18.2 Å². The van der Waals surface area contributed by atoms with E-state index in [1.165, 1.54) is 26.4 Å². The molecular formula is C15H13F3O3. The van der Waals surface area contributed by atoms with E-state index in [-0.39, 0.29) is 11.3 Å². The minimum Gasteiger partial charge on any atom is -0.507 e. The summed E-state index contributed by atoms with van der Waals surface area (Å²) in [5.74, 6) is 0.584. The summed E-state index contributed by atoms with van der Waals surface area (Å²) in [5.41, 5.74) is -0.408. The first-order valence-corrected chi connectivity index (χ1v) is 5.99. The molecular weight excluding hydrogens is 285 g/mol. The number of aromatic hydroxyl groups is 1. The van der Waals surface area contributed by atoms with Crippen molar-refractivity contribution < 1.29 is 27.8 Å². The van der Waals surface area contributed by atoms with Gasteiger partial charge in [0.25, 0.3) is 0 Å². The number of hydrogen-bond donors (Lipinski definition) is 1. The van der Waals surface area contributed by atoms with Crippen molar-refractivity contribution in [3.05, 3.63) is 42.0 Å². The zero-order valence-electron chi connectivity index (χ0n) is 11.4. The summed E-state index contributed by atoms with van der Waals surface area (Å²) >= 11 is 0. The molecule has 0 radical (unpaired) electrons. The maximum Gasteiger partial charge on any atom is 0.416 e. The summed E-state index contributed by atoms with van der Waals surface area (Å²) in [6.45, 7) is 0. The number of methoxy groups -OCH3 is 2. The lowest BCUT2D eigenvalue weighted by Crippen LogP contribution is -2.04. The molecule has 2 aromatic rings. The van der Waals surface area contributed by atoms with Gasteiger partial charge in [-0.25, -0.2) is 0 Å². The van der Waals surface area contributed by atoms with Crippen LogP contribution in [0.4, 0.5) is 13.2 Å². The second kappa shape index (κ2) is 5.55. The van der Waals surface area contributed by atoms with Crippen LogP contribution in [0.25, 0.3) is 11.1 Å². The molecule has 0 aliphatic rings. The van der Waals surface area contributed by atoms with Crippen LogP contribution < -0.4 is 9.47 Å². The fraction of sp³-hybridized carbons (Fsp3) is 0.200. The van der Waals surface area contributed by atoms with E-state index in [0.29, 0.717) is 17.1 Å². The summed E-state index contributed by atoms with van der Waals surface area (Å²) < 4.78 is 48.5. The first-order chi connectivity index (χ1) is 9.85. The third-order valence-electron chi connectivity index (χ3n) is 2.99. The van der Waals surface area contributed by atoms with Gasteiger partial charge in [-0.2, -0.15) is 13.2 Å². The smallest absolute Gasteiger partial charge is 0.416 e. The summed E-state index contributed by atoms with van der Waals surface area (Å²) in [6, 6.07) is 7.38. The predicted octanol–water partition coefficient (Wildman–Crippen LogP) is 4.10. The van der Waals surface area contributed by atoms with Gasteiger partial charge in [0.2, 0.25) is 0 Å². The van der Waals surface area contributed by atoms with Crippen molar-refractivity contribution in [2.45, 2.75) is 6.18 Å². The third-order valence-corrected chi connectivity index (χ3v) is 2.99. The van der Waals surface area contributed by atoms with Gasteiger partial charge >= 0.3 is 6.18 Å². The highest BCUT2D eigenvalue weighted by Gasteiger charge is 2.31. The van der Waals surface area contributed by atoms with Gasteiger partial charge in [0.1, 0.15) is 17.2 Å². The molecule has 1 N–H and O–H groups in total. The Morgan fingerprint density at radius 1 is 0.905 bits per heavy atom. The molecule has 2 aromatic carbocycles. The van der Waals surface area contributed by atoms with Gasteiger partial charge in [0.15, 0.2) is 0 Å². The van der Waals surface area contributed by atoms with Crippen molar-refractivity contribution in [1.29, 1.82) is 0 Å². The summed E-state index contributed by atoms with van der Waals surface area (Å²) in [5, 5.41) is 9.83. The third kappa shape index (κ3) is 3.21. The van der Waals surface area contributed by atoms with Crippen LogP contribution in [0.3, 0.4) is 0 Å². The van der Waals surface area contributed by atoms with E-state index in [1.807, 2.05) is 0 Å². The van der Waals surface area contributed by atoms with Crippen molar-refractivity contribution in [2.75, 3.05) is 14.2 Å². The van der Waals surface area contributed by atoms with E-state index >= 15 is 0 Å². The highest BCUT2D eigenvalue weighted by Crippen LogP contribution is 2.38. The van der Waals surface area contributed by atoms with Crippen molar-refractivity contribution in [1.82, 2.24) is 0 Å². The normalized spacial score (nSPS) is 11.3. The summed E-state index contributed by atoms with van der Waals surface area (Å²) in [7, 11) is 2.87. The Labute approximate surface area is 119 Å². The van der Waals surface area contributed by atoms with Gasteiger partial charge < -0.3 is 14.6 Å². The fourth-order valence-corrected chi connectivity index (χ4v) is 1.91. The quantitative estimate of drug-likeness (QED) is 0.927. The molecule has 0 spiro atoms. The Morgan fingerprint density at radius 3 is 1.95 bits per heavy atom. The lowest BCUT2D eigenvalue weighted by molar-refractivity contribution is -0.137. The molecule has 0 heterocycles. The van der Waals surface area contributed by atoms with Gasteiger partial charge in [0, 0.05) is 11.6 Å². The number of halogens is 3. The van der Waals surface area contributed by atoms with Crippen LogP contribution in [0.1, 0.15) is 5.56 Å². The van der Waals surface area contributed by atoms with E-state index in [2.05, 4.69) is 0 Å². The molecule has 21 heavy (non-hydrogen) atoms. The highest BCUT2D eigenvalue weighted by molar-refractivity contribution is 5.73. The van der Waals surface area contributed by atoms with Crippen LogP contribution >= 0.6 is 0 Å². The molecule has 112 valence electrons. The Bertz CT molecular complexity index is 629. The summed E-state index contributed by atoms with van der Waals surface area (Å²) in [6.07, 6.45) is -4.48. The largest absolute Gasteiger partial charge is 0.507 e. The van der Waals surface area contributed by atoms with Crippen LogP contribution in [-0.4, -0.2) is 19.3 Å². The van der Waals surface area contributed by atoms with Crippen molar-refractivity contribution in [3.8, 4) is 28.4 Å². The Balaban J connectivity index is 2.60. The molecule has 0 aromatic heterocycles. The molecule has 2 rings (SSSR count). The van der Waals surface area contributed by atoms with Gasteiger partial charge in [-0.05, 0) is 35.9 Å². The molecule has 0 unspecified atom stereocenters. The minimum absolute atomic E-state index is 0.0574. The molecule has 0 fully saturated rings. The maximum absolute atomic E-state index is 12.8. The molecule has 0 saturated carbocycles. The second-order valence-corrected chi connectivity index (χ2v) is 4.33. The van der Waals surface area contributed by atoms with Crippen molar-refractivity contribution >= 4 is 0 Å². The molecule has 6 heteroatoms. The molecule has 0 aliphatic carbocycles.